The van der Waals surface area contributed by atoms with Gasteiger partial charge in [-0.1, -0.05) is 277 Å². The van der Waals surface area contributed by atoms with Crippen LogP contribution in [-0.2, 0) is 21.7 Å². The Morgan fingerprint density at radius 2 is 0.500 bits per heavy atom. The monoisotopic (exact) mass is 1500 g/mol. The van der Waals surface area contributed by atoms with E-state index in [-0.39, 0.29) is 21.7 Å². The van der Waals surface area contributed by atoms with Gasteiger partial charge in [0.05, 0.1) is 45.1 Å². The highest BCUT2D eigenvalue weighted by atomic mass is 15.1. The summed E-state index contributed by atoms with van der Waals surface area (Å²) >= 11 is 0. The molecular weight excluding hydrogens is 1420 g/mol. The Morgan fingerprint density at radius 1 is 0.216 bits per heavy atom. The summed E-state index contributed by atoms with van der Waals surface area (Å²) in [5.41, 5.74) is 21.8. The normalized spacial score (nSPS) is 12.1. The van der Waals surface area contributed by atoms with Crippen molar-refractivity contribution in [3.63, 3.8) is 0 Å². The van der Waals surface area contributed by atoms with Crippen LogP contribution >= 0.6 is 0 Å². The fraction of sp³-hybridized carbons (Fsp3) is 0.154. The number of aromatic nitrogens is 11. The molecule has 0 aliphatic heterocycles. The van der Waals surface area contributed by atoms with Gasteiger partial charge >= 0.3 is 0 Å². The highest BCUT2D eigenvalue weighted by Gasteiger charge is 2.29. The van der Waals surface area contributed by atoms with Gasteiger partial charge < -0.3 is 9.13 Å². The maximum Gasteiger partial charge on any atom is 0.166 e. The van der Waals surface area contributed by atoms with Crippen molar-refractivity contribution in [1.29, 1.82) is 5.26 Å². The molecule has 0 saturated carbocycles. The predicted molar refractivity (Wildman–Crippen MR) is 475 cm³/mol. The number of nitrogens with zero attached hydrogens (tertiary/aromatic N) is 12. The van der Waals surface area contributed by atoms with E-state index < -0.39 is 0 Å². The molecule has 0 amide bonds. The molecule has 0 bridgehead atoms. The standard InChI is InChI=1S/C104H86N12/c1-101(2,3)76-53-74(54-77(61-76)102(4,5)6)98-112-99(75-55-78(103(7,8)9)62-79(56-75)104(10,11)12)114-100(113-98)85-58-71(46-50-91(85)116-87-40-28-26-38-81(87)84-60-73(48-52-90(84)116)97-110-94(68-33-21-15-22-34-68)107-95(111-97)69-35-23-16-24-36-69)82-57-70(65-43-41-64(63-105)42-44-65)45-49-88(82)115-86-39-27-25-37-80(86)83-59-72(47-51-89(83)115)96-108-92(66-29-17-13-18-30-66)106-93(109-96)67-31-19-14-20-32-67/h13-62H,1-12H3. The van der Waals surface area contributed by atoms with Crippen LogP contribution in [0.1, 0.15) is 111 Å². The number of fused-ring (bicyclic) bond motifs is 6. The van der Waals surface area contributed by atoms with E-state index in [1.165, 1.54) is 22.3 Å². The Hall–Kier alpha value is -14.0. The number of para-hydroxylation sites is 2. The van der Waals surface area contributed by atoms with Crippen LogP contribution in [0.25, 0.3) is 180 Å². The van der Waals surface area contributed by atoms with Crippen LogP contribution in [0.3, 0.4) is 0 Å². The van der Waals surface area contributed by atoms with Crippen molar-refractivity contribution in [2.45, 2.75) is 105 Å². The predicted octanol–water partition coefficient (Wildman–Crippen LogP) is 25.8. The minimum atomic E-state index is -0.219. The largest absolute Gasteiger partial charge is 0.309 e. The molecule has 0 unspecified atom stereocenters. The van der Waals surface area contributed by atoms with Gasteiger partial charge in [-0.15, -0.1) is 0 Å². The third kappa shape index (κ3) is 14.1. The molecular formula is C104H86N12. The molecule has 0 aliphatic carbocycles. The smallest absolute Gasteiger partial charge is 0.166 e. The SMILES string of the molecule is CC(C)(C)c1cc(-c2nc(-c3cc(C(C)(C)C)cc(C(C)(C)C)c3)nc(-c3cc(-c4cc(-c5ccc(C#N)cc5)ccc4-n4c5ccccc5c5cc(-c6nc(-c7ccccc7)nc(-c7ccccc7)n6)ccc54)ccc3-n3c4ccccc4c4cc(-c5nc(-c6ccccc6)nc(-c6ccccc6)n5)ccc43)n2)cc(C(C)(C)C)c1. The summed E-state index contributed by atoms with van der Waals surface area (Å²) in [5.74, 6) is 5.08. The van der Waals surface area contributed by atoms with Crippen LogP contribution in [0.2, 0.25) is 0 Å². The zero-order valence-corrected chi connectivity index (χ0v) is 67.2. The number of nitriles is 1. The first-order valence-corrected chi connectivity index (χ1v) is 39.6. The van der Waals surface area contributed by atoms with E-state index in [9.17, 15) is 5.26 Å². The van der Waals surface area contributed by atoms with Gasteiger partial charge in [0, 0.05) is 77.2 Å². The Morgan fingerprint density at radius 3 is 0.862 bits per heavy atom. The highest BCUT2D eigenvalue weighted by Crippen LogP contribution is 2.46. The van der Waals surface area contributed by atoms with Gasteiger partial charge in [0.15, 0.2) is 52.4 Å². The third-order valence-electron chi connectivity index (χ3n) is 22.1. The van der Waals surface area contributed by atoms with E-state index in [2.05, 4.69) is 256 Å². The minimum absolute atomic E-state index is 0.219. The molecule has 5 heterocycles. The van der Waals surface area contributed by atoms with Crippen molar-refractivity contribution >= 4 is 43.6 Å². The first-order valence-electron chi connectivity index (χ1n) is 39.6. The van der Waals surface area contributed by atoms with E-state index in [0.29, 0.717) is 58.0 Å². The van der Waals surface area contributed by atoms with E-state index in [4.69, 9.17) is 44.9 Å². The molecule has 562 valence electrons. The molecule has 12 nitrogen and oxygen atoms in total. The molecule has 0 radical (unpaired) electrons. The van der Waals surface area contributed by atoms with E-state index in [1.54, 1.807) is 0 Å². The second-order valence-corrected chi connectivity index (χ2v) is 34.3. The molecule has 0 atom stereocenters. The average Bonchev–Trinajstić information content (AvgIpc) is 1.55. The maximum atomic E-state index is 10.1. The van der Waals surface area contributed by atoms with Crippen molar-refractivity contribution in [1.82, 2.24) is 54.0 Å². The second kappa shape index (κ2) is 28.9. The van der Waals surface area contributed by atoms with Crippen molar-refractivity contribution in [2.75, 3.05) is 0 Å². The zero-order valence-electron chi connectivity index (χ0n) is 67.2. The second-order valence-electron chi connectivity index (χ2n) is 34.3. The molecule has 18 aromatic rings. The summed E-state index contributed by atoms with van der Waals surface area (Å²) in [5, 5.41) is 14.3. The molecule has 0 aliphatic rings. The lowest BCUT2D eigenvalue weighted by atomic mass is 9.79. The van der Waals surface area contributed by atoms with Crippen LogP contribution in [-0.4, -0.2) is 54.0 Å². The zero-order chi connectivity index (χ0) is 79.9. The molecule has 0 fully saturated rings. The lowest BCUT2D eigenvalue weighted by molar-refractivity contribution is 0.568. The topological polar surface area (TPSA) is 150 Å². The maximum absolute atomic E-state index is 10.1. The van der Waals surface area contributed by atoms with Crippen molar-refractivity contribution in [3.8, 4) is 142 Å². The van der Waals surface area contributed by atoms with Crippen LogP contribution in [0.4, 0.5) is 0 Å². The van der Waals surface area contributed by atoms with Crippen molar-refractivity contribution in [3.05, 3.63) is 331 Å². The van der Waals surface area contributed by atoms with Gasteiger partial charge in [0.25, 0.3) is 0 Å². The highest BCUT2D eigenvalue weighted by molar-refractivity contribution is 6.12. The lowest BCUT2D eigenvalue weighted by Gasteiger charge is -2.26. The van der Waals surface area contributed by atoms with Crippen LogP contribution in [0.5, 0.6) is 0 Å². The summed E-state index contributed by atoms with van der Waals surface area (Å²) in [4.78, 5) is 48.5. The van der Waals surface area contributed by atoms with Gasteiger partial charge in [-0.2, -0.15) is 5.26 Å². The van der Waals surface area contributed by atoms with Gasteiger partial charge in [0.1, 0.15) is 0 Å². The fourth-order valence-electron chi connectivity index (χ4n) is 15.6. The van der Waals surface area contributed by atoms with E-state index >= 15 is 0 Å². The van der Waals surface area contributed by atoms with Crippen molar-refractivity contribution in [2.24, 2.45) is 0 Å². The quantitative estimate of drug-likeness (QED) is 0.109. The molecule has 0 saturated heterocycles. The van der Waals surface area contributed by atoms with Crippen molar-refractivity contribution < 1.29 is 0 Å². The molecule has 5 aromatic heterocycles. The summed E-state index contributed by atoms with van der Waals surface area (Å²) in [6.07, 6.45) is 0. The van der Waals surface area contributed by atoms with E-state index in [0.717, 1.165) is 127 Å². The average molecular weight is 1500 g/mol. The summed E-state index contributed by atoms with van der Waals surface area (Å²) in [6.45, 7) is 27.3. The number of benzene rings is 13. The Kier molecular flexibility index (Phi) is 18.3. The fourth-order valence-corrected chi connectivity index (χ4v) is 15.6. The Bertz CT molecular complexity index is 6630. The third-order valence-corrected chi connectivity index (χ3v) is 22.1. The minimum Gasteiger partial charge on any atom is -0.309 e. The van der Waals surface area contributed by atoms with E-state index in [1.807, 2.05) is 146 Å². The van der Waals surface area contributed by atoms with Crippen LogP contribution in [0.15, 0.2) is 303 Å². The van der Waals surface area contributed by atoms with Gasteiger partial charge in [-0.05, 0) is 170 Å². The lowest BCUT2D eigenvalue weighted by Crippen LogP contribution is -2.17. The summed E-state index contributed by atoms with van der Waals surface area (Å²) < 4.78 is 4.77. The molecule has 13 aromatic carbocycles. The molecule has 18 rings (SSSR count). The Balaban J connectivity index is 0.917. The van der Waals surface area contributed by atoms with Gasteiger partial charge in [-0.3, -0.25) is 0 Å². The molecule has 12 heteroatoms. The molecule has 0 N–H and O–H groups in total. The summed E-state index contributed by atoms with van der Waals surface area (Å²) in [6, 6.07) is 108. The number of rotatable bonds is 13. The first-order chi connectivity index (χ1) is 55.9. The Labute approximate surface area is 676 Å². The van der Waals surface area contributed by atoms with Crippen LogP contribution in [0, 0.1) is 11.3 Å². The van der Waals surface area contributed by atoms with Gasteiger partial charge in [0.2, 0.25) is 0 Å². The summed E-state index contributed by atoms with van der Waals surface area (Å²) in [7, 11) is 0. The molecule has 0 spiro atoms. The first kappa shape index (κ1) is 73.5. The number of hydrogen-bond acceptors (Lipinski definition) is 10. The van der Waals surface area contributed by atoms with Crippen LogP contribution < -0.4 is 0 Å². The molecule has 116 heavy (non-hydrogen) atoms. The number of hydrogen-bond donors (Lipinski definition) is 0. The van der Waals surface area contributed by atoms with Gasteiger partial charge in [-0.25, -0.2) is 44.9 Å².